The number of aliphatic hydroxyl groups is 1. The van der Waals surface area contributed by atoms with Crippen LogP contribution in [0.1, 0.15) is 24.8 Å². The Morgan fingerprint density at radius 3 is 2.88 bits per heavy atom. The minimum Gasteiger partial charge on any atom is -0.392 e. The Morgan fingerprint density at radius 1 is 1.38 bits per heavy atom. The molecular formula is C17H20F2N2O3. The maximum Gasteiger partial charge on any atom is 0.230 e. The summed E-state index contributed by atoms with van der Waals surface area (Å²) in [5, 5.41) is 13.1. The third-order valence-electron chi connectivity index (χ3n) is 5.01. The fourth-order valence-electron chi connectivity index (χ4n) is 3.59. The zero-order chi connectivity index (χ0) is 17.3. The molecule has 0 aromatic heterocycles. The van der Waals surface area contributed by atoms with Crippen LogP contribution in [-0.4, -0.2) is 47.6 Å². The molecule has 2 aliphatic rings. The van der Waals surface area contributed by atoms with Crippen molar-refractivity contribution in [1.82, 2.24) is 10.2 Å². The monoisotopic (exact) mass is 338 g/mol. The molecule has 130 valence electrons. The van der Waals surface area contributed by atoms with Crippen LogP contribution in [0.3, 0.4) is 0 Å². The predicted molar refractivity (Wildman–Crippen MR) is 81.9 cm³/mol. The van der Waals surface area contributed by atoms with Gasteiger partial charge in [-0.15, -0.1) is 0 Å². The molecule has 0 aliphatic carbocycles. The lowest BCUT2D eigenvalue weighted by Crippen LogP contribution is -2.62. The van der Waals surface area contributed by atoms with E-state index in [2.05, 4.69) is 5.32 Å². The van der Waals surface area contributed by atoms with Crippen LogP contribution in [0.5, 0.6) is 0 Å². The van der Waals surface area contributed by atoms with Crippen LogP contribution in [0, 0.1) is 17.0 Å². The van der Waals surface area contributed by atoms with Gasteiger partial charge in [0.1, 0.15) is 0 Å². The second kappa shape index (κ2) is 6.47. The number of hydrogen-bond acceptors (Lipinski definition) is 3. The van der Waals surface area contributed by atoms with Crippen LogP contribution in [0.4, 0.5) is 8.78 Å². The van der Waals surface area contributed by atoms with E-state index in [9.17, 15) is 23.5 Å². The van der Waals surface area contributed by atoms with Gasteiger partial charge < -0.3 is 15.3 Å². The third kappa shape index (κ3) is 3.00. The number of halogens is 2. The van der Waals surface area contributed by atoms with Gasteiger partial charge in [-0.1, -0.05) is 6.07 Å². The number of rotatable bonds is 2. The van der Waals surface area contributed by atoms with Gasteiger partial charge in [-0.2, -0.15) is 0 Å². The number of benzene rings is 1. The van der Waals surface area contributed by atoms with E-state index in [0.29, 0.717) is 31.5 Å². The van der Waals surface area contributed by atoms with Crippen LogP contribution >= 0.6 is 0 Å². The van der Waals surface area contributed by atoms with Gasteiger partial charge in [0.05, 0.1) is 17.9 Å². The number of hydrogen-bond donors (Lipinski definition) is 2. The Labute approximate surface area is 138 Å². The summed E-state index contributed by atoms with van der Waals surface area (Å²) in [5.41, 5.74) is -0.576. The van der Waals surface area contributed by atoms with Crippen LogP contribution < -0.4 is 5.32 Å². The van der Waals surface area contributed by atoms with Gasteiger partial charge in [0.15, 0.2) is 11.6 Å². The van der Waals surface area contributed by atoms with Crippen molar-refractivity contribution in [2.45, 2.75) is 31.8 Å². The van der Waals surface area contributed by atoms with Crippen LogP contribution in [0.15, 0.2) is 18.2 Å². The van der Waals surface area contributed by atoms with Crippen molar-refractivity contribution in [2.75, 3.05) is 19.6 Å². The normalized spacial score (nSPS) is 27.2. The van der Waals surface area contributed by atoms with Crippen molar-refractivity contribution in [2.24, 2.45) is 5.41 Å². The predicted octanol–water partition coefficient (Wildman–Crippen LogP) is 0.997. The third-order valence-corrected chi connectivity index (χ3v) is 5.01. The molecule has 1 aromatic carbocycles. The lowest BCUT2D eigenvalue weighted by molar-refractivity contribution is -0.154. The number of nitrogens with one attached hydrogen (secondary N) is 1. The van der Waals surface area contributed by atoms with Crippen molar-refractivity contribution < 1.29 is 23.5 Å². The molecule has 2 fully saturated rings. The number of carbonyl (C=O) groups excluding carboxylic acids is 2. The summed E-state index contributed by atoms with van der Waals surface area (Å²) in [6.45, 7) is 1.08. The number of amides is 2. The van der Waals surface area contributed by atoms with E-state index in [4.69, 9.17) is 0 Å². The summed E-state index contributed by atoms with van der Waals surface area (Å²) < 4.78 is 26.2. The van der Waals surface area contributed by atoms with Crippen molar-refractivity contribution in [3.05, 3.63) is 35.4 Å². The van der Waals surface area contributed by atoms with Gasteiger partial charge in [-0.3, -0.25) is 9.59 Å². The number of carbonyl (C=O) groups is 2. The zero-order valence-electron chi connectivity index (χ0n) is 13.2. The molecule has 1 aromatic rings. The van der Waals surface area contributed by atoms with E-state index >= 15 is 0 Å². The van der Waals surface area contributed by atoms with Gasteiger partial charge >= 0.3 is 0 Å². The first-order valence-corrected chi connectivity index (χ1v) is 8.10. The van der Waals surface area contributed by atoms with E-state index < -0.39 is 23.2 Å². The van der Waals surface area contributed by atoms with Gasteiger partial charge in [0, 0.05) is 19.6 Å². The van der Waals surface area contributed by atoms with Gasteiger partial charge in [0.2, 0.25) is 11.8 Å². The Morgan fingerprint density at radius 2 is 2.17 bits per heavy atom. The van der Waals surface area contributed by atoms with Gasteiger partial charge in [0.25, 0.3) is 0 Å². The minimum atomic E-state index is -0.988. The smallest absolute Gasteiger partial charge is 0.230 e. The van der Waals surface area contributed by atoms with E-state index in [-0.39, 0.29) is 24.8 Å². The number of aliphatic hydroxyl groups excluding tert-OH is 1. The fourth-order valence-corrected chi connectivity index (χ4v) is 3.59. The van der Waals surface area contributed by atoms with E-state index in [1.54, 1.807) is 4.90 Å². The van der Waals surface area contributed by atoms with Crippen molar-refractivity contribution in [3.63, 3.8) is 0 Å². The van der Waals surface area contributed by atoms with E-state index in [1.807, 2.05) is 0 Å². The molecule has 0 saturated carbocycles. The number of piperidine rings is 2. The molecule has 3 rings (SSSR count). The molecule has 5 nitrogen and oxygen atoms in total. The maximum atomic E-state index is 13.3. The molecular weight excluding hydrogens is 318 g/mol. The molecule has 2 saturated heterocycles. The molecule has 2 amide bonds. The first-order valence-electron chi connectivity index (χ1n) is 8.10. The van der Waals surface area contributed by atoms with Crippen molar-refractivity contribution >= 4 is 11.8 Å². The molecule has 2 atom stereocenters. The molecule has 24 heavy (non-hydrogen) atoms. The standard InChI is InChI=1S/C17H20F2N2O3/c18-12-3-2-11(8-13(12)19)9-15(23)21-7-4-14(22)17(10-21)5-1-6-20-16(17)24/h2-3,8,14,22H,1,4-7,9-10H2,(H,20,24)/t14-,17+/m0/s1. The second-order valence-corrected chi connectivity index (χ2v) is 6.56. The molecule has 7 heteroatoms. The molecule has 1 spiro atoms. The molecule has 2 heterocycles. The summed E-state index contributed by atoms with van der Waals surface area (Å²) in [4.78, 5) is 26.3. The maximum absolute atomic E-state index is 13.3. The minimum absolute atomic E-state index is 0.0645. The molecule has 2 N–H and O–H groups in total. The SMILES string of the molecule is O=C(Cc1ccc(F)c(F)c1)N1CC[C@H](O)[C@@]2(CCCNC2=O)C1. The largest absolute Gasteiger partial charge is 0.392 e. The summed E-state index contributed by atoms with van der Waals surface area (Å²) in [7, 11) is 0. The van der Waals surface area contributed by atoms with Gasteiger partial charge in [-0.25, -0.2) is 8.78 Å². The molecule has 2 aliphatic heterocycles. The highest BCUT2D eigenvalue weighted by Crippen LogP contribution is 2.37. The highest BCUT2D eigenvalue weighted by atomic mass is 19.2. The molecule has 0 radical (unpaired) electrons. The van der Waals surface area contributed by atoms with Crippen LogP contribution in [0.2, 0.25) is 0 Å². The second-order valence-electron chi connectivity index (χ2n) is 6.56. The zero-order valence-corrected chi connectivity index (χ0v) is 13.2. The highest BCUT2D eigenvalue weighted by molar-refractivity contribution is 5.86. The lowest BCUT2D eigenvalue weighted by Gasteiger charge is -2.46. The quantitative estimate of drug-likeness (QED) is 0.845. The Balaban J connectivity index is 1.73. The highest BCUT2D eigenvalue weighted by Gasteiger charge is 2.50. The summed E-state index contributed by atoms with van der Waals surface area (Å²) >= 11 is 0. The van der Waals surface area contributed by atoms with Crippen LogP contribution in [0.25, 0.3) is 0 Å². The topological polar surface area (TPSA) is 69.6 Å². The number of likely N-dealkylation sites (tertiary alicyclic amines) is 1. The molecule has 0 bridgehead atoms. The van der Waals surface area contributed by atoms with E-state index in [0.717, 1.165) is 18.6 Å². The van der Waals surface area contributed by atoms with Gasteiger partial charge in [-0.05, 0) is 37.0 Å². The average Bonchev–Trinajstić information content (AvgIpc) is 2.56. The molecule has 0 unspecified atom stereocenters. The summed E-state index contributed by atoms with van der Waals surface area (Å²) in [5.74, 6) is -2.42. The van der Waals surface area contributed by atoms with E-state index in [1.165, 1.54) is 6.07 Å². The Kier molecular flexibility index (Phi) is 4.54. The first-order chi connectivity index (χ1) is 11.4. The first kappa shape index (κ1) is 16.8. The Hall–Kier alpha value is -2.02. The van der Waals surface area contributed by atoms with Crippen LogP contribution in [-0.2, 0) is 16.0 Å². The van der Waals surface area contributed by atoms with Crippen molar-refractivity contribution in [1.29, 1.82) is 0 Å². The fraction of sp³-hybridized carbons (Fsp3) is 0.529. The number of nitrogens with zero attached hydrogens (tertiary/aromatic N) is 1. The summed E-state index contributed by atoms with van der Waals surface area (Å²) in [6.07, 6.45) is 0.787. The van der Waals surface area contributed by atoms with Crippen molar-refractivity contribution in [3.8, 4) is 0 Å². The Bertz CT molecular complexity index is 667. The lowest BCUT2D eigenvalue weighted by atomic mass is 9.71. The summed E-state index contributed by atoms with van der Waals surface area (Å²) in [6, 6.07) is 3.38. The average molecular weight is 338 g/mol.